The molecule has 0 saturated carbocycles. The van der Waals surface area contributed by atoms with Gasteiger partial charge in [0.2, 0.25) is 0 Å². The normalized spacial score (nSPS) is 21.0. The molecular weight excluding hydrogens is 198 g/mol. The minimum atomic E-state index is 0.257. The molecule has 2 nitrogen and oxygen atoms in total. The van der Waals surface area contributed by atoms with E-state index in [9.17, 15) is 0 Å². The summed E-state index contributed by atoms with van der Waals surface area (Å²) in [4.78, 5) is 0. The van der Waals surface area contributed by atoms with Gasteiger partial charge in [-0.05, 0) is 64.8 Å². The summed E-state index contributed by atoms with van der Waals surface area (Å²) in [5, 5.41) is 3.58. The van der Waals surface area contributed by atoms with Crippen molar-refractivity contribution in [3.8, 4) is 0 Å². The van der Waals surface area contributed by atoms with Crippen molar-refractivity contribution in [1.82, 2.24) is 5.32 Å². The minimum absolute atomic E-state index is 0.257. The van der Waals surface area contributed by atoms with E-state index < -0.39 is 0 Å². The van der Waals surface area contributed by atoms with Gasteiger partial charge in [0, 0.05) is 18.8 Å². The summed E-state index contributed by atoms with van der Waals surface area (Å²) < 4.78 is 5.39. The number of hydrogen-bond donors (Lipinski definition) is 1. The average Bonchev–Trinajstić information content (AvgIpc) is 2.24. The van der Waals surface area contributed by atoms with E-state index >= 15 is 0 Å². The lowest BCUT2D eigenvalue weighted by Crippen LogP contribution is -2.38. The van der Waals surface area contributed by atoms with Crippen molar-refractivity contribution in [1.29, 1.82) is 0 Å². The lowest BCUT2D eigenvalue weighted by molar-refractivity contribution is 0.0620. The van der Waals surface area contributed by atoms with Gasteiger partial charge in [0.15, 0.2) is 0 Å². The standard InChI is InChI=1S/C14H29NO/c1-12(11-15-14(2,3)4)5-6-13-7-9-16-10-8-13/h12-13,15H,5-11H2,1-4H3. The first-order valence-electron chi connectivity index (χ1n) is 6.80. The van der Waals surface area contributed by atoms with Gasteiger partial charge in [-0.3, -0.25) is 0 Å². The van der Waals surface area contributed by atoms with Crippen LogP contribution in [-0.2, 0) is 4.74 Å². The average molecular weight is 227 g/mol. The van der Waals surface area contributed by atoms with Crippen LogP contribution in [-0.4, -0.2) is 25.3 Å². The smallest absolute Gasteiger partial charge is 0.0468 e. The topological polar surface area (TPSA) is 21.3 Å². The van der Waals surface area contributed by atoms with Gasteiger partial charge in [-0.1, -0.05) is 6.92 Å². The molecule has 0 aromatic rings. The number of ether oxygens (including phenoxy) is 1. The molecule has 1 fully saturated rings. The van der Waals surface area contributed by atoms with Crippen LogP contribution in [0.2, 0.25) is 0 Å². The van der Waals surface area contributed by atoms with Crippen LogP contribution in [0, 0.1) is 11.8 Å². The van der Waals surface area contributed by atoms with Crippen molar-refractivity contribution >= 4 is 0 Å². The van der Waals surface area contributed by atoms with Gasteiger partial charge in [-0.15, -0.1) is 0 Å². The van der Waals surface area contributed by atoms with Crippen LogP contribution in [0.15, 0.2) is 0 Å². The van der Waals surface area contributed by atoms with Gasteiger partial charge in [0.1, 0.15) is 0 Å². The Kier molecular flexibility index (Phi) is 5.77. The molecular formula is C14H29NO. The molecule has 0 amide bonds. The first-order chi connectivity index (χ1) is 7.47. The summed E-state index contributed by atoms with van der Waals surface area (Å²) in [5.41, 5.74) is 0.257. The van der Waals surface area contributed by atoms with E-state index in [4.69, 9.17) is 4.74 Å². The molecule has 1 aliphatic rings. The molecule has 0 aromatic carbocycles. The summed E-state index contributed by atoms with van der Waals surface area (Å²) in [6, 6.07) is 0. The highest BCUT2D eigenvalue weighted by Crippen LogP contribution is 2.22. The van der Waals surface area contributed by atoms with Crippen molar-refractivity contribution in [2.75, 3.05) is 19.8 Å². The molecule has 1 atom stereocenters. The monoisotopic (exact) mass is 227 g/mol. The lowest BCUT2D eigenvalue weighted by atomic mass is 9.91. The Bertz CT molecular complexity index is 180. The fourth-order valence-corrected chi connectivity index (χ4v) is 2.14. The third kappa shape index (κ3) is 6.49. The predicted molar refractivity (Wildman–Crippen MR) is 69.7 cm³/mol. The molecule has 0 aliphatic carbocycles. The molecule has 0 radical (unpaired) electrons. The van der Waals surface area contributed by atoms with E-state index in [1.807, 2.05) is 0 Å². The molecule has 0 aromatic heterocycles. The van der Waals surface area contributed by atoms with Crippen LogP contribution in [0.4, 0.5) is 0 Å². The Labute approximate surface area is 101 Å². The van der Waals surface area contributed by atoms with Crippen LogP contribution in [0.25, 0.3) is 0 Å². The summed E-state index contributed by atoms with van der Waals surface area (Å²) in [6.07, 6.45) is 5.29. The zero-order valence-electron chi connectivity index (χ0n) is 11.5. The van der Waals surface area contributed by atoms with E-state index in [1.54, 1.807) is 0 Å². The molecule has 1 aliphatic heterocycles. The zero-order chi connectivity index (χ0) is 12.0. The maximum atomic E-state index is 5.39. The molecule has 1 unspecified atom stereocenters. The van der Waals surface area contributed by atoms with Gasteiger partial charge in [-0.25, -0.2) is 0 Å². The van der Waals surface area contributed by atoms with Crippen molar-refractivity contribution in [2.45, 2.75) is 58.9 Å². The molecule has 1 N–H and O–H groups in total. The van der Waals surface area contributed by atoms with E-state index in [2.05, 4.69) is 33.0 Å². The van der Waals surface area contributed by atoms with Crippen LogP contribution in [0.5, 0.6) is 0 Å². The van der Waals surface area contributed by atoms with Gasteiger partial charge in [-0.2, -0.15) is 0 Å². The van der Waals surface area contributed by atoms with Crippen molar-refractivity contribution in [3.63, 3.8) is 0 Å². The van der Waals surface area contributed by atoms with Crippen LogP contribution >= 0.6 is 0 Å². The fraction of sp³-hybridized carbons (Fsp3) is 1.00. The molecule has 16 heavy (non-hydrogen) atoms. The van der Waals surface area contributed by atoms with Crippen LogP contribution in [0.1, 0.15) is 53.4 Å². The van der Waals surface area contributed by atoms with Crippen LogP contribution < -0.4 is 5.32 Å². The Morgan fingerprint density at radius 1 is 1.25 bits per heavy atom. The van der Waals surface area contributed by atoms with Crippen molar-refractivity contribution < 1.29 is 4.74 Å². The first kappa shape index (κ1) is 14.0. The third-order valence-electron chi connectivity index (χ3n) is 3.39. The molecule has 0 bridgehead atoms. The van der Waals surface area contributed by atoms with E-state index in [0.29, 0.717) is 0 Å². The maximum absolute atomic E-state index is 5.39. The largest absolute Gasteiger partial charge is 0.381 e. The maximum Gasteiger partial charge on any atom is 0.0468 e. The van der Waals surface area contributed by atoms with Crippen LogP contribution in [0.3, 0.4) is 0 Å². The van der Waals surface area contributed by atoms with Gasteiger partial charge >= 0.3 is 0 Å². The Morgan fingerprint density at radius 3 is 2.44 bits per heavy atom. The predicted octanol–water partition coefficient (Wildman–Crippen LogP) is 3.22. The van der Waals surface area contributed by atoms with E-state index in [0.717, 1.165) is 31.6 Å². The summed E-state index contributed by atoms with van der Waals surface area (Å²) >= 11 is 0. The zero-order valence-corrected chi connectivity index (χ0v) is 11.5. The highest BCUT2D eigenvalue weighted by Gasteiger charge is 2.16. The Balaban J connectivity index is 2.07. The summed E-state index contributed by atoms with van der Waals surface area (Å²) in [7, 11) is 0. The van der Waals surface area contributed by atoms with Gasteiger partial charge < -0.3 is 10.1 Å². The van der Waals surface area contributed by atoms with Gasteiger partial charge in [0.25, 0.3) is 0 Å². The number of hydrogen-bond acceptors (Lipinski definition) is 2. The van der Waals surface area contributed by atoms with Gasteiger partial charge in [0.05, 0.1) is 0 Å². The molecule has 96 valence electrons. The number of rotatable bonds is 5. The summed E-state index contributed by atoms with van der Waals surface area (Å²) in [5.74, 6) is 1.72. The molecule has 1 heterocycles. The third-order valence-corrected chi connectivity index (χ3v) is 3.39. The minimum Gasteiger partial charge on any atom is -0.381 e. The Morgan fingerprint density at radius 2 is 1.88 bits per heavy atom. The quantitative estimate of drug-likeness (QED) is 0.778. The number of nitrogens with one attached hydrogen (secondary N) is 1. The second-order valence-corrected chi connectivity index (χ2v) is 6.37. The second kappa shape index (κ2) is 6.61. The molecule has 1 rings (SSSR count). The first-order valence-corrected chi connectivity index (χ1v) is 6.80. The lowest BCUT2D eigenvalue weighted by Gasteiger charge is -2.26. The molecule has 1 saturated heterocycles. The highest BCUT2D eigenvalue weighted by atomic mass is 16.5. The van der Waals surface area contributed by atoms with E-state index in [-0.39, 0.29) is 5.54 Å². The van der Waals surface area contributed by atoms with E-state index in [1.165, 1.54) is 25.7 Å². The fourth-order valence-electron chi connectivity index (χ4n) is 2.14. The SMILES string of the molecule is CC(CCC1CCOCC1)CNC(C)(C)C. The van der Waals surface area contributed by atoms with Crippen molar-refractivity contribution in [2.24, 2.45) is 11.8 Å². The molecule has 0 spiro atoms. The second-order valence-electron chi connectivity index (χ2n) is 6.37. The highest BCUT2D eigenvalue weighted by molar-refractivity contribution is 4.73. The Hall–Kier alpha value is -0.0800. The van der Waals surface area contributed by atoms with Crippen molar-refractivity contribution in [3.05, 3.63) is 0 Å². The summed E-state index contributed by atoms with van der Waals surface area (Å²) in [6.45, 7) is 12.2. The molecule has 2 heteroatoms.